The maximum atomic E-state index is 14.5. The summed E-state index contributed by atoms with van der Waals surface area (Å²) in [5, 5.41) is 3.05. The highest BCUT2D eigenvalue weighted by Crippen LogP contribution is 2.26. The van der Waals surface area contributed by atoms with Crippen LogP contribution in [0.2, 0.25) is 0 Å². The van der Waals surface area contributed by atoms with Gasteiger partial charge in [-0.1, -0.05) is 90.5 Å². The summed E-state index contributed by atoms with van der Waals surface area (Å²) in [4.78, 5) is 30.0. The molecule has 0 spiro atoms. The van der Waals surface area contributed by atoms with E-state index in [9.17, 15) is 18.0 Å². The van der Waals surface area contributed by atoms with Crippen LogP contribution in [0.3, 0.4) is 0 Å². The van der Waals surface area contributed by atoms with E-state index in [1.165, 1.54) is 17.0 Å². The Labute approximate surface area is 261 Å². The Morgan fingerprint density at radius 1 is 0.750 bits per heavy atom. The molecule has 4 aromatic rings. The third-order valence-electron chi connectivity index (χ3n) is 7.14. The first-order valence-electron chi connectivity index (χ1n) is 14.7. The minimum absolute atomic E-state index is 0.0747. The van der Waals surface area contributed by atoms with Crippen LogP contribution in [0, 0.1) is 13.8 Å². The molecule has 0 aromatic heterocycles. The molecule has 1 atom stereocenters. The van der Waals surface area contributed by atoms with E-state index in [0.717, 1.165) is 26.6 Å². The number of nitrogens with one attached hydrogen (secondary N) is 1. The average Bonchev–Trinajstić information content (AvgIpc) is 2.98. The van der Waals surface area contributed by atoms with E-state index in [0.29, 0.717) is 5.69 Å². The molecule has 0 saturated heterocycles. The molecule has 0 bridgehead atoms. The van der Waals surface area contributed by atoms with Crippen molar-refractivity contribution in [1.82, 2.24) is 10.2 Å². The zero-order valence-electron chi connectivity index (χ0n) is 26.0. The average molecular weight is 612 g/mol. The van der Waals surface area contributed by atoms with Gasteiger partial charge in [0.05, 0.1) is 10.6 Å². The SMILES string of the molecule is Cc1ccc(CN(C(=O)CN(c2cccc(C)c2)S(=O)(=O)c2ccccc2)C(Cc2ccccc2)C(=O)NC(C)(C)C)cc1. The molecule has 0 radical (unpaired) electrons. The molecular formula is C36H41N3O4S. The van der Waals surface area contributed by atoms with Gasteiger partial charge in [-0.3, -0.25) is 13.9 Å². The lowest BCUT2D eigenvalue weighted by Crippen LogP contribution is -2.56. The van der Waals surface area contributed by atoms with Crippen molar-refractivity contribution < 1.29 is 18.0 Å². The molecule has 1 unspecified atom stereocenters. The number of nitrogens with zero attached hydrogens (tertiary/aromatic N) is 2. The van der Waals surface area contributed by atoms with Crippen LogP contribution in [0.1, 0.15) is 43.0 Å². The normalized spacial score (nSPS) is 12.3. The fourth-order valence-electron chi connectivity index (χ4n) is 4.93. The molecule has 1 N–H and O–H groups in total. The lowest BCUT2D eigenvalue weighted by molar-refractivity contribution is -0.140. The van der Waals surface area contributed by atoms with Gasteiger partial charge < -0.3 is 10.2 Å². The number of carbonyl (C=O) groups is 2. The number of hydrogen-bond donors (Lipinski definition) is 1. The van der Waals surface area contributed by atoms with Crippen molar-refractivity contribution in [2.75, 3.05) is 10.8 Å². The van der Waals surface area contributed by atoms with Crippen molar-refractivity contribution in [1.29, 1.82) is 0 Å². The summed E-state index contributed by atoms with van der Waals surface area (Å²) in [6, 6.07) is 31.5. The summed E-state index contributed by atoms with van der Waals surface area (Å²) in [7, 11) is -4.13. The Morgan fingerprint density at radius 2 is 1.36 bits per heavy atom. The van der Waals surface area contributed by atoms with E-state index in [2.05, 4.69) is 5.32 Å². The molecule has 7 nitrogen and oxygen atoms in total. The Balaban J connectivity index is 1.81. The van der Waals surface area contributed by atoms with Crippen molar-refractivity contribution in [2.24, 2.45) is 0 Å². The Bertz CT molecular complexity index is 1670. The van der Waals surface area contributed by atoms with Gasteiger partial charge in [0, 0.05) is 18.5 Å². The van der Waals surface area contributed by atoms with Gasteiger partial charge in [0.2, 0.25) is 11.8 Å². The first kappa shape index (κ1) is 32.5. The lowest BCUT2D eigenvalue weighted by atomic mass is 10.0. The molecule has 0 heterocycles. The maximum absolute atomic E-state index is 14.5. The topological polar surface area (TPSA) is 86.8 Å². The van der Waals surface area contributed by atoms with Gasteiger partial charge >= 0.3 is 0 Å². The highest BCUT2D eigenvalue weighted by molar-refractivity contribution is 7.92. The number of hydrogen-bond acceptors (Lipinski definition) is 4. The van der Waals surface area contributed by atoms with Crippen LogP contribution in [0.4, 0.5) is 5.69 Å². The van der Waals surface area contributed by atoms with Crippen molar-refractivity contribution in [2.45, 2.75) is 64.1 Å². The number of carbonyl (C=O) groups excluding carboxylic acids is 2. The van der Waals surface area contributed by atoms with E-state index in [1.54, 1.807) is 36.4 Å². The molecule has 44 heavy (non-hydrogen) atoms. The highest BCUT2D eigenvalue weighted by atomic mass is 32.2. The highest BCUT2D eigenvalue weighted by Gasteiger charge is 2.35. The number of amides is 2. The van der Waals surface area contributed by atoms with Crippen LogP contribution in [0.25, 0.3) is 0 Å². The summed E-state index contributed by atoms with van der Waals surface area (Å²) in [6.45, 7) is 9.17. The predicted molar refractivity (Wildman–Crippen MR) is 176 cm³/mol. The van der Waals surface area contributed by atoms with Gasteiger partial charge in [-0.25, -0.2) is 8.42 Å². The van der Waals surface area contributed by atoms with Gasteiger partial charge in [-0.2, -0.15) is 0 Å². The second-order valence-corrected chi connectivity index (χ2v) is 14.0. The summed E-state index contributed by atoms with van der Waals surface area (Å²) in [5.41, 5.74) is 3.46. The third kappa shape index (κ3) is 8.57. The van der Waals surface area contributed by atoms with Gasteiger partial charge in [0.25, 0.3) is 10.0 Å². The maximum Gasteiger partial charge on any atom is 0.264 e. The van der Waals surface area contributed by atoms with Crippen LogP contribution < -0.4 is 9.62 Å². The minimum Gasteiger partial charge on any atom is -0.350 e. The molecule has 0 aliphatic carbocycles. The Hall–Kier alpha value is -4.43. The first-order chi connectivity index (χ1) is 20.8. The number of anilines is 1. The molecule has 0 aliphatic rings. The van der Waals surface area contributed by atoms with Crippen LogP contribution in [0.5, 0.6) is 0 Å². The molecule has 0 aliphatic heterocycles. The summed E-state index contributed by atoms with van der Waals surface area (Å²) in [6.07, 6.45) is 0.260. The Morgan fingerprint density at radius 3 is 1.95 bits per heavy atom. The van der Waals surface area contributed by atoms with Crippen molar-refractivity contribution in [3.05, 3.63) is 131 Å². The predicted octanol–water partition coefficient (Wildman–Crippen LogP) is 6.05. The lowest BCUT2D eigenvalue weighted by Gasteiger charge is -2.35. The molecule has 4 rings (SSSR count). The standard InChI is InChI=1S/C36H41N3O4S/c1-27-19-21-30(22-20-27)25-38(33(35(41)37-36(3,4)5)24-29-14-8-6-9-15-29)34(40)26-39(31-16-12-13-28(2)23-31)44(42,43)32-17-10-7-11-18-32/h6-23,33H,24-26H2,1-5H3,(H,37,41). The quantitative estimate of drug-likeness (QED) is 0.224. The second-order valence-electron chi connectivity index (χ2n) is 12.1. The van der Waals surface area contributed by atoms with Crippen LogP contribution in [-0.4, -0.2) is 43.3 Å². The van der Waals surface area contributed by atoms with Crippen LogP contribution in [0.15, 0.2) is 114 Å². The molecule has 8 heteroatoms. The van der Waals surface area contributed by atoms with E-state index in [1.807, 2.05) is 95.3 Å². The van der Waals surface area contributed by atoms with E-state index in [-0.39, 0.29) is 23.8 Å². The summed E-state index contributed by atoms with van der Waals surface area (Å²) >= 11 is 0. The Kier molecular flexibility index (Phi) is 10.3. The number of aryl methyl sites for hydroxylation is 2. The molecule has 0 fully saturated rings. The zero-order valence-corrected chi connectivity index (χ0v) is 26.8. The zero-order chi connectivity index (χ0) is 31.9. The summed E-state index contributed by atoms with van der Waals surface area (Å²) < 4.78 is 29.3. The molecule has 0 saturated carbocycles. The molecule has 230 valence electrons. The molecule has 2 amide bonds. The monoisotopic (exact) mass is 611 g/mol. The van der Waals surface area contributed by atoms with E-state index < -0.39 is 34.1 Å². The number of sulfonamides is 1. The van der Waals surface area contributed by atoms with E-state index in [4.69, 9.17) is 0 Å². The van der Waals surface area contributed by atoms with E-state index >= 15 is 0 Å². The van der Waals surface area contributed by atoms with Gasteiger partial charge in [0.15, 0.2) is 0 Å². The number of benzene rings is 4. The third-order valence-corrected chi connectivity index (χ3v) is 8.93. The van der Waals surface area contributed by atoms with Crippen LogP contribution >= 0.6 is 0 Å². The first-order valence-corrected chi connectivity index (χ1v) is 16.1. The molecular weight excluding hydrogens is 570 g/mol. The van der Waals surface area contributed by atoms with Crippen molar-refractivity contribution in [3.63, 3.8) is 0 Å². The summed E-state index contributed by atoms with van der Waals surface area (Å²) in [5.74, 6) is -0.800. The molecule has 4 aromatic carbocycles. The number of rotatable bonds is 11. The minimum atomic E-state index is -4.13. The van der Waals surface area contributed by atoms with Crippen LogP contribution in [-0.2, 0) is 32.6 Å². The van der Waals surface area contributed by atoms with Gasteiger partial charge in [0.1, 0.15) is 12.6 Å². The fraction of sp³-hybridized carbons (Fsp3) is 0.278. The second kappa shape index (κ2) is 13.9. The van der Waals surface area contributed by atoms with Gasteiger partial charge in [-0.05, 0) is 75.6 Å². The largest absolute Gasteiger partial charge is 0.350 e. The van der Waals surface area contributed by atoms with Gasteiger partial charge in [-0.15, -0.1) is 0 Å². The van der Waals surface area contributed by atoms with Crippen molar-refractivity contribution >= 4 is 27.5 Å². The van der Waals surface area contributed by atoms with Crippen molar-refractivity contribution in [3.8, 4) is 0 Å². The fourth-order valence-corrected chi connectivity index (χ4v) is 6.36. The smallest absolute Gasteiger partial charge is 0.264 e.